The molecule has 0 atom stereocenters. The number of hydrogen-bond donors (Lipinski definition) is 1. The minimum atomic E-state index is -0.431. The molecule has 5 rings (SSSR count). The van der Waals surface area contributed by atoms with Crippen LogP contribution in [0, 0.1) is 10.1 Å². The largest absolute Gasteiger partial charge is 0.497 e. The first-order valence-electron chi connectivity index (χ1n) is 8.79. The Morgan fingerprint density at radius 2 is 1.80 bits per heavy atom. The van der Waals surface area contributed by atoms with E-state index in [2.05, 4.69) is 25.5 Å². The summed E-state index contributed by atoms with van der Waals surface area (Å²) in [4.78, 5) is 11.0. The van der Waals surface area contributed by atoms with Crippen LogP contribution in [0.2, 0.25) is 0 Å². The van der Waals surface area contributed by atoms with Crippen LogP contribution in [0.3, 0.4) is 0 Å². The number of rotatable bonds is 5. The molecule has 0 bridgehead atoms. The number of ether oxygens (including phenoxy) is 1. The first-order chi connectivity index (χ1) is 14.6. The molecule has 0 unspecified atom stereocenters. The van der Waals surface area contributed by atoms with E-state index in [9.17, 15) is 10.1 Å². The molecule has 148 valence electrons. The molecular weight excluding hydrogens is 406 g/mol. The van der Waals surface area contributed by atoms with E-state index in [1.165, 1.54) is 23.5 Å². The predicted molar refractivity (Wildman–Crippen MR) is 110 cm³/mol. The Kier molecular flexibility index (Phi) is 4.21. The van der Waals surface area contributed by atoms with Gasteiger partial charge in [0.05, 0.1) is 17.7 Å². The zero-order valence-corrected chi connectivity index (χ0v) is 16.3. The van der Waals surface area contributed by atoms with Crippen LogP contribution in [0.5, 0.6) is 5.75 Å². The lowest BCUT2D eigenvalue weighted by Gasteiger charge is -1.99. The second-order valence-corrected chi connectivity index (χ2v) is 7.28. The Morgan fingerprint density at radius 3 is 2.50 bits per heavy atom. The fourth-order valence-corrected chi connectivity index (χ4v) is 3.82. The molecule has 3 heterocycles. The van der Waals surface area contributed by atoms with Gasteiger partial charge in [-0.3, -0.25) is 15.2 Å². The van der Waals surface area contributed by atoms with Crippen LogP contribution in [0.15, 0.2) is 54.6 Å². The lowest BCUT2D eigenvalue weighted by Crippen LogP contribution is -1.91. The average molecular weight is 419 g/mol. The molecule has 0 saturated carbocycles. The summed E-state index contributed by atoms with van der Waals surface area (Å²) >= 11 is 1.35. The van der Waals surface area contributed by atoms with Gasteiger partial charge in [-0.15, -0.1) is 10.2 Å². The monoisotopic (exact) mass is 419 g/mol. The third-order valence-electron chi connectivity index (χ3n) is 4.52. The van der Waals surface area contributed by atoms with Crippen LogP contribution in [-0.2, 0) is 0 Å². The zero-order chi connectivity index (χ0) is 20.7. The SMILES string of the molecule is COc1ccc(-c2cc(-c3nnc4sc(-c5ccc([N+](=O)[O-])cc5)nn34)[nH]n2)cc1. The molecule has 0 aliphatic rings. The molecule has 11 heteroatoms. The Balaban J connectivity index is 1.48. The van der Waals surface area contributed by atoms with E-state index < -0.39 is 4.92 Å². The third kappa shape index (κ3) is 3.06. The van der Waals surface area contributed by atoms with Crippen molar-refractivity contribution in [3.8, 4) is 39.1 Å². The topological polar surface area (TPSA) is 124 Å². The quantitative estimate of drug-likeness (QED) is 0.339. The molecule has 5 aromatic rings. The lowest BCUT2D eigenvalue weighted by molar-refractivity contribution is -0.384. The van der Waals surface area contributed by atoms with Crippen LogP contribution in [-0.4, -0.2) is 42.0 Å². The van der Waals surface area contributed by atoms with E-state index in [0.717, 1.165) is 22.6 Å². The molecule has 3 aromatic heterocycles. The van der Waals surface area contributed by atoms with Gasteiger partial charge in [0.2, 0.25) is 10.8 Å². The molecule has 0 aliphatic heterocycles. The van der Waals surface area contributed by atoms with Crippen LogP contribution >= 0.6 is 11.3 Å². The number of nitro benzene ring substituents is 1. The predicted octanol–water partition coefficient (Wildman–Crippen LogP) is 3.83. The highest BCUT2D eigenvalue weighted by molar-refractivity contribution is 7.19. The van der Waals surface area contributed by atoms with Crippen molar-refractivity contribution in [3.05, 3.63) is 64.7 Å². The number of hydrogen-bond acceptors (Lipinski definition) is 8. The summed E-state index contributed by atoms with van der Waals surface area (Å²) in [6.45, 7) is 0. The lowest BCUT2D eigenvalue weighted by atomic mass is 10.1. The molecular formula is C19H13N7O3S. The van der Waals surface area contributed by atoms with Gasteiger partial charge in [-0.2, -0.15) is 14.7 Å². The maximum atomic E-state index is 10.8. The van der Waals surface area contributed by atoms with E-state index >= 15 is 0 Å². The molecule has 0 saturated heterocycles. The molecule has 30 heavy (non-hydrogen) atoms. The van der Waals surface area contributed by atoms with Crippen molar-refractivity contribution in [2.75, 3.05) is 7.11 Å². The van der Waals surface area contributed by atoms with E-state index in [4.69, 9.17) is 4.74 Å². The van der Waals surface area contributed by atoms with Gasteiger partial charge in [-0.1, -0.05) is 11.3 Å². The van der Waals surface area contributed by atoms with E-state index in [1.807, 2.05) is 30.3 Å². The Bertz CT molecular complexity index is 1350. The molecule has 2 aromatic carbocycles. The van der Waals surface area contributed by atoms with Crippen LogP contribution < -0.4 is 4.74 Å². The van der Waals surface area contributed by atoms with Crippen molar-refractivity contribution >= 4 is 22.0 Å². The van der Waals surface area contributed by atoms with Gasteiger partial charge in [0, 0.05) is 23.3 Å². The van der Waals surface area contributed by atoms with Crippen molar-refractivity contribution in [2.45, 2.75) is 0 Å². The van der Waals surface area contributed by atoms with Crippen molar-refractivity contribution in [2.24, 2.45) is 0 Å². The summed E-state index contributed by atoms with van der Waals surface area (Å²) in [6.07, 6.45) is 0. The first-order valence-corrected chi connectivity index (χ1v) is 9.61. The molecule has 0 aliphatic carbocycles. The standard InChI is InChI=1S/C19H13N7O3S/c1-29-14-8-4-11(5-9-14)15-10-16(21-20-15)17-22-23-19-25(17)24-18(30-19)12-2-6-13(7-3-12)26(27)28/h2-10H,1H3,(H,20,21). The van der Waals surface area contributed by atoms with Gasteiger partial charge in [0.15, 0.2) is 0 Å². The summed E-state index contributed by atoms with van der Waals surface area (Å²) in [5.74, 6) is 1.30. The fraction of sp³-hybridized carbons (Fsp3) is 0.0526. The maximum absolute atomic E-state index is 10.8. The molecule has 0 radical (unpaired) electrons. The average Bonchev–Trinajstić information content (AvgIpc) is 3.49. The molecule has 0 fully saturated rings. The zero-order valence-electron chi connectivity index (χ0n) is 15.5. The summed E-state index contributed by atoms with van der Waals surface area (Å²) in [6, 6.07) is 15.7. The summed E-state index contributed by atoms with van der Waals surface area (Å²) in [5, 5.41) is 31.8. The molecule has 0 amide bonds. The minimum absolute atomic E-state index is 0.0333. The number of non-ortho nitro benzene ring substituents is 1. The van der Waals surface area contributed by atoms with Gasteiger partial charge in [0.1, 0.15) is 16.5 Å². The van der Waals surface area contributed by atoms with Gasteiger partial charge >= 0.3 is 0 Å². The van der Waals surface area contributed by atoms with Crippen LogP contribution in [0.4, 0.5) is 5.69 Å². The van der Waals surface area contributed by atoms with Crippen molar-refractivity contribution in [3.63, 3.8) is 0 Å². The van der Waals surface area contributed by atoms with Gasteiger partial charge in [0.25, 0.3) is 5.69 Å². The second kappa shape index (κ2) is 7.04. The van der Waals surface area contributed by atoms with E-state index in [0.29, 0.717) is 21.5 Å². The summed E-state index contributed by atoms with van der Waals surface area (Å²) in [5.41, 5.74) is 3.17. The number of nitrogens with one attached hydrogen (secondary N) is 1. The summed E-state index contributed by atoms with van der Waals surface area (Å²) in [7, 11) is 1.62. The Morgan fingerprint density at radius 1 is 1.07 bits per heavy atom. The van der Waals surface area contributed by atoms with E-state index in [-0.39, 0.29) is 5.69 Å². The number of fused-ring (bicyclic) bond motifs is 1. The van der Waals surface area contributed by atoms with Crippen LogP contribution in [0.1, 0.15) is 0 Å². The highest BCUT2D eigenvalue weighted by atomic mass is 32.1. The van der Waals surface area contributed by atoms with Gasteiger partial charge in [-0.05, 0) is 42.5 Å². The minimum Gasteiger partial charge on any atom is -0.497 e. The molecule has 1 N–H and O–H groups in total. The van der Waals surface area contributed by atoms with Gasteiger partial charge < -0.3 is 4.74 Å². The number of methoxy groups -OCH3 is 1. The van der Waals surface area contributed by atoms with E-state index in [1.54, 1.807) is 23.8 Å². The van der Waals surface area contributed by atoms with Crippen molar-refractivity contribution in [1.82, 2.24) is 30.0 Å². The Hall–Kier alpha value is -4.12. The number of benzene rings is 2. The van der Waals surface area contributed by atoms with Gasteiger partial charge in [-0.25, -0.2) is 0 Å². The van der Waals surface area contributed by atoms with Crippen LogP contribution in [0.25, 0.3) is 38.3 Å². The highest BCUT2D eigenvalue weighted by Gasteiger charge is 2.17. The Labute approximate surface area is 172 Å². The third-order valence-corrected chi connectivity index (χ3v) is 5.47. The maximum Gasteiger partial charge on any atom is 0.269 e. The normalized spacial score (nSPS) is 11.1. The molecule has 10 nitrogen and oxygen atoms in total. The number of aromatic nitrogens is 6. The fourth-order valence-electron chi connectivity index (χ4n) is 2.97. The number of aromatic amines is 1. The highest BCUT2D eigenvalue weighted by Crippen LogP contribution is 2.30. The van der Waals surface area contributed by atoms with Crippen molar-refractivity contribution in [1.29, 1.82) is 0 Å². The second-order valence-electron chi connectivity index (χ2n) is 6.32. The first kappa shape index (κ1) is 17.9. The summed E-state index contributed by atoms with van der Waals surface area (Å²) < 4.78 is 6.82. The number of nitrogens with zero attached hydrogens (tertiary/aromatic N) is 6. The smallest absolute Gasteiger partial charge is 0.269 e. The number of nitro groups is 1. The number of H-pyrrole nitrogens is 1. The van der Waals surface area contributed by atoms with Crippen molar-refractivity contribution < 1.29 is 9.66 Å². The molecule has 0 spiro atoms.